The van der Waals surface area contributed by atoms with Crippen LogP contribution in [0.1, 0.15) is 57.8 Å². The SMILES string of the molecule is O=C(O)C1CCC(C(=O)N2CCCC3CCCC32)CC1. The van der Waals surface area contributed by atoms with E-state index >= 15 is 0 Å². The van der Waals surface area contributed by atoms with Gasteiger partial charge in [0.05, 0.1) is 5.92 Å². The van der Waals surface area contributed by atoms with Gasteiger partial charge in [-0.1, -0.05) is 6.42 Å². The summed E-state index contributed by atoms with van der Waals surface area (Å²) in [5, 5.41) is 9.04. The van der Waals surface area contributed by atoms with Crippen molar-refractivity contribution in [2.45, 2.75) is 63.8 Å². The van der Waals surface area contributed by atoms with Crippen molar-refractivity contribution in [1.82, 2.24) is 4.90 Å². The summed E-state index contributed by atoms with van der Waals surface area (Å²) >= 11 is 0. The molecule has 1 heterocycles. The first-order chi connectivity index (χ1) is 9.66. The highest BCUT2D eigenvalue weighted by Crippen LogP contribution is 2.39. The van der Waals surface area contributed by atoms with Gasteiger partial charge in [0.2, 0.25) is 5.91 Å². The summed E-state index contributed by atoms with van der Waals surface area (Å²) < 4.78 is 0. The van der Waals surface area contributed by atoms with E-state index < -0.39 is 5.97 Å². The predicted molar refractivity (Wildman–Crippen MR) is 75.2 cm³/mol. The van der Waals surface area contributed by atoms with Gasteiger partial charge in [-0.3, -0.25) is 9.59 Å². The Morgan fingerprint density at radius 1 is 0.850 bits per heavy atom. The second-order valence-electron chi connectivity index (χ2n) is 6.82. The molecule has 112 valence electrons. The topological polar surface area (TPSA) is 57.6 Å². The molecule has 2 aliphatic carbocycles. The standard InChI is InChI=1S/C16H25NO3/c18-15(12-6-8-13(9-7-12)16(19)20)17-10-2-4-11-3-1-5-14(11)17/h11-14H,1-10H2,(H,19,20). The van der Waals surface area contributed by atoms with Crippen LogP contribution in [0.2, 0.25) is 0 Å². The summed E-state index contributed by atoms with van der Waals surface area (Å²) in [6, 6.07) is 0.494. The third-order valence-electron chi connectivity index (χ3n) is 5.70. The molecule has 0 aromatic carbocycles. The van der Waals surface area contributed by atoms with Gasteiger partial charge in [-0.05, 0) is 57.3 Å². The number of aliphatic carboxylic acids is 1. The van der Waals surface area contributed by atoms with Gasteiger partial charge in [0.1, 0.15) is 0 Å². The number of hydrogen-bond donors (Lipinski definition) is 1. The van der Waals surface area contributed by atoms with Crippen molar-refractivity contribution in [1.29, 1.82) is 0 Å². The number of carboxylic acids is 1. The maximum Gasteiger partial charge on any atom is 0.306 e. The molecule has 20 heavy (non-hydrogen) atoms. The van der Waals surface area contributed by atoms with E-state index in [0.717, 1.165) is 31.7 Å². The average molecular weight is 279 g/mol. The summed E-state index contributed by atoms with van der Waals surface area (Å²) in [6.45, 7) is 0.929. The highest BCUT2D eigenvalue weighted by molar-refractivity contribution is 5.80. The van der Waals surface area contributed by atoms with Gasteiger partial charge in [0, 0.05) is 18.5 Å². The molecule has 2 unspecified atom stereocenters. The van der Waals surface area contributed by atoms with Gasteiger partial charge in [-0.25, -0.2) is 0 Å². The predicted octanol–water partition coefficient (Wildman–Crippen LogP) is 2.67. The smallest absolute Gasteiger partial charge is 0.306 e. The van der Waals surface area contributed by atoms with Crippen LogP contribution in [-0.2, 0) is 9.59 Å². The fourth-order valence-corrected chi connectivity index (χ4v) is 4.55. The minimum absolute atomic E-state index is 0.0879. The van der Waals surface area contributed by atoms with Crippen molar-refractivity contribution >= 4 is 11.9 Å². The van der Waals surface area contributed by atoms with Gasteiger partial charge < -0.3 is 10.0 Å². The molecule has 3 fully saturated rings. The number of likely N-dealkylation sites (tertiary alicyclic amines) is 1. The second kappa shape index (κ2) is 5.74. The van der Waals surface area contributed by atoms with Crippen LogP contribution in [0.3, 0.4) is 0 Å². The van der Waals surface area contributed by atoms with E-state index in [-0.39, 0.29) is 11.8 Å². The van der Waals surface area contributed by atoms with E-state index in [9.17, 15) is 9.59 Å². The number of fused-ring (bicyclic) bond motifs is 1. The van der Waals surface area contributed by atoms with Crippen LogP contribution in [0.15, 0.2) is 0 Å². The molecule has 4 nitrogen and oxygen atoms in total. The first-order valence-electron chi connectivity index (χ1n) is 8.20. The molecule has 0 bridgehead atoms. The van der Waals surface area contributed by atoms with Crippen molar-refractivity contribution in [3.05, 3.63) is 0 Å². The molecule has 1 amide bonds. The normalized spacial score (nSPS) is 37.5. The van der Waals surface area contributed by atoms with Gasteiger partial charge in [-0.2, -0.15) is 0 Å². The lowest BCUT2D eigenvalue weighted by Crippen LogP contribution is -2.49. The highest BCUT2D eigenvalue weighted by atomic mass is 16.4. The number of carbonyl (C=O) groups excluding carboxylic acids is 1. The lowest BCUT2D eigenvalue weighted by molar-refractivity contribution is -0.147. The lowest BCUT2D eigenvalue weighted by atomic mass is 9.80. The third kappa shape index (κ3) is 2.57. The summed E-state index contributed by atoms with van der Waals surface area (Å²) in [5.41, 5.74) is 0. The molecule has 0 radical (unpaired) electrons. The number of amides is 1. The van der Waals surface area contributed by atoms with Crippen molar-refractivity contribution < 1.29 is 14.7 Å². The molecule has 0 aromatic rings. The molecule has 0 spiro atoms. The van der Waals surface area contributed by atoms with Crippen molar-refractivity contribution in [3.8, 4) is 0 Å². The molecule has 1 saturated heterocycles. The first kappa shape index (κ1) is 13.9. The zero-order valence-electron chi connectivity index (χ0n) is 12.1. The van der Waals surface area contributed by atoms with Crippen LogP contribution < -0.4 is 0 Å². The van der Waals surface area contributed by atoms with E-state index in [1.165, 1.54) is 25.7 Å². The Kier molecular flexibility index (Phi) is 3.99. The molecular weight excluding hydrogens is 254 g/mol. The monoisotopic (exact) mass is 279 g/mol. The number of nitrogens with zero attached hydrogens (tertiary/aromatic N) is 1. The maximum absolute atomic E-state index is 12.8. The first-order valence-corrected chi connectivity index (χ1v) is 8.20. The van der Waals surface area contributed by atoms with E-state index in [4.69, 9.17) is 5.11 Å². The van der Waals surface area contributed by atoms with Crippen LogP contribution in [0.5, 0.6) is 0 Å². The zero-order valence-corrected chi connectivity index (χ0v) is 12.1. The number of carboxylic acid groups (broad SMARTS) is 1. The summed E-state index contributed by atoms with van der Waals surface area (Å²) in [6.07, 6.45) is 9.07. The van der Waals surface area contributed by atoms with E-state index in [1.807, 2.05) is 0 Å². The van der Waals surface area contributed by atoms with E-state index in [2.05, 4.69) is 4.90 Å². The Morgan fingerprint density at radius 2 is 1.50 bits per heavy atom. The zero-order chi connectivity index (χ0) is 14.1. The summed E-state index contributed by atoms with van der Waals surface area (Å²) in [4.78, 5) is 25.9. The molecule has 0 aromatic heterocycles. The van der Waals surface area contributed by atoms with Crippen LogP contribution in [0, 0.1) is 17.8 Å². The Hall–Kier alpha value is -1.06. The molecule has 4 heteroatoms. The Labute approximate surface area is 120 Å². The minimum atomic E-state index is -0.690. The largest absolute Gasteiger partial charge is 0.481 e. The van der Waals surface area contributed by atoms with Gasteiger partial charge in [0.15, 0.2) is 0 Å². The Balaban J connectivity index is 1.60. The minimum Gasteiger partial charge on any atom is -0.481 e. The van der Waals surface area contributed by atoms with Gasteiger partial charge >= 0.3 is 5.97 Å². The molecule has 3 rings (SSSR count). The Bertz CT molecular complexity index is 387. The molecule has 1 N–H and O–H groups in total. The Morgan fingerprint density at radius 3 is 2.20 bits per heavy atom. The number of rotatable bonds is 2. The fraction of sp³-hybridized carbons (Fsp3) is 0.875. The van der Waals surface area contributed by atoms with Gasteiger partial charge in [0.25, 0.3) is 0 Å². The van der Waals surface area contributed by atoms with Crippen LogP contribution in [0.4, 0.5) is 0 Å². The van der Waals surface area contributed by atoms with Gasteiger partial charge in [-0.15, -0.1) is 0 Å². The second-order valence-corrected chi connectivity index (χ2v) is 6.82. The van der Waals surface area contributed by atoms with Crippen molar-refractivity contribution in [3.63, 3.8) is 0 Å². The summed E-state index contributed by atoms with van der Waals surface area (Å²) in [7, 11) is 0. The highest BCUT2D eigenvalue weighted by Gasteiger charge is 2.40. The van der Waals surface area contributed by atoms with Crippen molar-refractivity contribution in [2.24, 2.45) is 17.8 Å². The number of hydrogen-bond acceptors (Lipinski definition) is 2. The third-order valence-corrected chi connectivity index (χ3v) is 5.70. The van der Waals surface area contributed by atoms with Crippen LogP contribution in [-0.4, -0.2) is 34.5 Å². The molecule has 2 atom stereocenters. The quantitative estimate of drug-likeness (QED) is 0.845. The lowest BCUT2D eigenvalue weighted by Gasteiger charge is -2.40. The van der Waals surface area contributed by atoms with Crippen molar-refractivity contribution in [2.75, 3.05) is 6.54 Å². The maximum atomic E-state index is 12.8. The average Bonchev–Trinajstić information content (AvgIpc) is 2.95. The summed E-state index contributed by atoms with van der Waals surface area (Å²) in [5.74, 6) is 0.239. The van der Waals surface area contributed by atoms with Crippen LogP contribution in [0.25, 0.3) is 0 Å². The number of piperidine rings is 1. The fourth-order valence-electron chi connectivity index (χ4n) is 4.55. The number of carbonyl (C=O) groups is 2. The molecule has 2 saturated carbocycles. The van der Waals surface area contributed by atoms with E-state index in [0.29, 0.717) is 24.8 Å². The molecule has 1 aliphatic heterocycles. The molecular formula is C16H25NO3. The molecule has 3 aliphatic rings. The van der Waals surface area contributed by atoms with Crippen LogP contribution >= 0.6 is 0 Å². The van der Waals surface area contributed by atoms with E-state index in [1.54, 1.807) is 0 Å².